The summed E-state index contributed by atoms with van der Waals surface area (Å²) >= 11 is 5.96. The highest BCUT2D eigenvalue weighted by Crippen LogP contribution is 2.40. The van der Waals surface area contributed by atoms with E-state index in [0.29, 0.717) is 18.2 Å². The first-order valence-electron chi connectivity index (χ1n) is 9.33. The molecule has 2 heterocycles. The van der Waals surface area contributed by atoms with Crippen molar-refractivity contribution in [3.05, 3.63) is 64.7 Å². The average molecular weight is 450 g/mol. The van der Waals surface area contributed by atoms with E-state index in [9.17, 15) is 4.79 Å². The molecule has 0 aliphatic carbocycles. The SMILES string of the molecule is NC=O.NC=O.O=C1COCCN1c1ccc(C2OCOC2c2ccc(Cl)cc2)cc1. The number of morpholine rings is 1. The molecule has 0 radical (unpaired) electrons. The van der Waals surface area contributed by atoms with Gasteiger partial charge in [-0.15, -0.1) is 0 Å². The van der Waals surface area contributed by atoms with Crippen molar-refractivity contribution in [2.24, 2.45) is 11.5 Å². The number of benzene rings is 2. The molecule has 2 fully saturated rings. The second-order valence-corrected chi connectivity index (χ2v) is 6.74. The first-order chi connectivity index (χ1) is 15.0. The summed E-state index contributed by atoms with van der Waals surface area (Å²) in [6.45, 7) is 1.53. The molecule has 2 saturated heterocycles. The van der Waals surface area contributed by atoms with E-state index in [-0.39, 0.29) is 44.3 Å². The summed E-state index contributed by atoms with van der Waals surface area (Å²) in [7, 11) is 0. The lowest BCUT2D eigenvalue weighted by molar-refractivity contribution is -0.125. The standard InChI is InChI=1S/C19H18ClNO4.2CH3NO/c20-15-5-1-13(2-6-15)18-19(25-12-24-18)14-3-7-16(8-4-14)21-9-10-23-11-17(21)22;2*2-1-3/h1-8,18-19H,9-12H2;2*1H,(H2,2,3). The van der Waals surface area contributed by atoms with E-state index >= 15 is 0 Å². The van der Waals surface area contributed by atoms with E-state index in [1.807, 2.05) is 48.5 Å². The van der Waals surface area contributed by atoms with Crippen molar-refractivity contribution in [2.75, 3.05) is 31.5 Å². The monoisotopic (exact) mass is 449 g/mol. The van der Waals surface area contributed by atoms with Crippen LogP contribution >= 0.6 is 11.6 Å². The van der Waals surface area contributed by atoms with Crippen LogP contribution in [0.15, 0.2) is 48.5 Å². The van der Waals surface area contributed by atoms with Gasteiger partial charge in [0.15, 0.2) is 0 Å². The number of primary amides is 2. The summed E-state index contributed by atoms with van der Waals surface area (Å²) in [5.74, 6) is -0.0153. The topological polar surface area (TPSA) is 134 Å². The quantitative estimate of drug-likeness (QED) is 0.685. The maximum Gasteiger partial charge on any atom is 0.253 e. The molecular weight excluding hydrogens is 426 g/mol. The van der Waals surface area contributed by atoms with Crippen molar-refractivity contribution in [3.63, 3.8) is 0 Å². The number of hydrogen-bond acceptors (Lipinski definition) is 6. The first kappa shape index (κ1) is 24.3. The van der Waals surface area contributed by atoms with Crippen LogP contribution in [-0.4, -0.2) is 45.3 Å². The Hall–Kier alpha value is -2.98. The zero-order chi connectivity index (χ0) is 22.6. The molecule has 31 heavy (non-hydrogen) atoms. The van der Waals surface area contributed by atoms with Crippen LogP contribution in [0.25, 0.3) is 0 Å². The van der Waals surface area contributed by atoms with Crippen molar-refractivity contribution in [1.29, 1.82) is 0 Å². The van der Waals surface area contributed by atoms with E-state index in [4.69, 9.17) is 35.4 Å². The summed E-state index contributed by atoms with van der Waals surface area (Å²) in [6.07, 6.45) is 0.142. The van der Waals surface area contributed by atoms with Gasteiger partial charge in [0.2, 0.25) is 12.8 Å². The van der Waals surface area contributed by atoms with Crippen LogP contribution in [0.5, 0.6) is 0 Å². The summed E-state index contributed by atoms with van der Waals surface area (Å²) < 4.78 is 16.7. The number of carbonyl (C=O) groups excluding carboxylic acids is 3. The van der Waals surface area contributed by atoms with Crippen LogP contribution in [0.4, 0.5) is 5.69 Å². The van der Waals surface area contributed by atoms with Crippen LogP contribution in [0.1, 0.15) is 23.3 Å². The number of anilines is 1. The van der Waals surface area contributed by atoms with Crippen LogP contribution in [0.3, 0.4) is 0 Å². The number of ether oxygens (including phenoxy) is 3. The van der Waals surface area contributed by atoms with Gasteiger partial charge in [0.1, 0.15) is 25.6 Å². The Morgan fingerprint density at radius 3 is 1.87 bits per heavy atom. The first-order valence-corrected chi connectivity index (χ1v) is 9.71. The largest absolute Gasteiger partial charge is 0.372 e. The fourth-order valence-corrected chi connectivity index (χ4v) is 3.32. The van der Waals surface area contributed by atoms with E-state index in [0.717, 1.165) is 16.8 Å². The van der Waals surface area contributed by atoms with Crippen molar-refractivity contribution in [3.8, 4) is 0 Å². The average Bonchev–Trinajstić information content (AvgIpc) is 3.26. The number of nitrogens with two attached hydrogens (primary N) is 2. The van der Waals surface area contributed by atoms with Crippen LogP contribution < -0.4 is 16.4 Å². The highest BCUT2D eigenvalue weighted by atomic mass is 35.5. The highest BCUT2D eigenvalue weighted by Gasteiger charge is 2.32. The fraction of sp³-hybridized carbons (Fsp3) is 0.286. The summed E-state index contributed by atoms with van der Waals surface area (Å²) in [4.78, 5) is 30.9. The minimum atomic E-state index is -0.185. The van der Waals surface area contributed by atoms with Gasteiger partial charge in [-0.25, -0.2) is 0 Å². The van der Waals surface area contributed by atoms with Gasteiger partial charge in [-0.05, 0) is 35.4 Å². The lowest BCUT2D eigenvalue weighted by atomic mass is 9.98. The molecule has 4 N–H and O–H groups in total. The fourth-order valence-electron chi connectivity index (χ4n) is 3.19. The molecule has 2 aliphatic heterocycles. The molecule has 2 aliphatic rings. The third-order valence-electron chi connectivity index (χ3n) is 4.49. The zero-order valence-electron chi connectivity index (χ0n) is 16.7. The second kappa shape index (κ2) is 12.7. The van der Waals surface area contributed by atoms with Crippen molar-refractivity contribution >= 4 is 36.0 Å². The molecule has 3 amide bonds. The molecule has 10 heteroatoms. The third-order valence-corrected chi connectivity index (χ3v) is 4.74. The Morgan fingerprint density at radius 1 is 0.903 bits per heavy atom. The van der Waals surface area contributed by atoms with Gasteiger partial charge in [0.05, 0.1) is 6.61 Å². The van der Waals surface area contributed by atoms with Crippen LogP contribution in [-0.2, 0) is 28.6 Å². The molecule has 0 spiro atoms. The zero-order valence-corrected chi connectivity index (χ0v) is 17.4. The molecule has 166 valence electrons. The lowest BCUT2D eigenvalue weighted by Crippen LogP contribution is -2.41. The van der Waals surface area contributed by atoms with Crippen LogP contribution in [0, 0.1) is 0 Å². The smallest absolute Gasteiger partial charge is 0.253 e. The minimum Gasteiger partial charge on any atom is -0.372 e. The predicted molar refractivity (Wildman–Crippen MR) is 114 cm³/mol. The van der Waals surface area contributed by atoms with E-state index in [1.54, 1.807) is 4.90 Å². The molecule has 2 unspecified atom stereocenters. The number of carbonyl (C=O) groups is 3. The maximum atomic E-state index is 11.9. The molecule has 4 rings (SSSR count). The van der Waals surface area contributed by atoms with Gasteiger partial charge in [-0.3, -0.25) is 14.4 Å². The number of nitrogens with zero attached hydrogens (tertiary/aromatic N) is 1. The molecule has 0 saturated carbocycles. The van der Waals surface area contributed by atoms with Gasteiger partial charge >= 0.3 is 0 Å². The van der Waals surface area contributed by atoms with E-state index < -0.39 is 0 Å². The van der Waals surface area contributed by atoms with Gasteiger partial charge in [-0.1, -0.05) is 35.9 Å². The Kier molecular flexibility index (Phi) is 9.92. The highest BCUT2D eigenvalue weighted by molar-refractivity contribution is 6.30. The van der Waals surface area contributed by atoms with Crippen molar-refractivity contribution < 1.29 is 28.6 Å². The number of halogens is 1. The predicted octanol–water partition coefficient (Wildman–Crippen LogP) is 1.69. The molecule has 9 nitrogen and oxygen atoms in total. The molecule has 0 aromatic heterocycles. The Bertz CT molecular complexity index is 841. The lowest BCUT2D eigenvalue weighted by Gasteiger charge is -2.27. The molecule has 2 atom stereocenters. The number of hydrogen-bond donors (Lipinski definition) is 2. The molecule has 2 aromatic rings. The Labute approximate surface area is 184 Å². The molecular formula is C21H24ClN3O6. The van der Waals surface area contributed by atoms with Crippen LogP contribution in [0.2, 0.25) is 5.02 Å². The molecule has 0 bridgehead atoms. The number of rotatable bonds is 3. The summed E-state index contributed by atoms with van der Waals surface area (Å²) in [5.41, 5.74) is 11.3. The normalized spacial score (nSPS) is 20.0. The number of amides is 3. The van der Waals surface area contributed by atoms with E-state index in [2.05, 4.69) is 11.5 Å². The van der Waals surface area contributed by atoms with Gasteiger partial charge in [0, 0.05) is 17.3 Å². The van der Waals surface area contributed by atoms with Gasteiger partial charge in [-0.2, -0.15) is 0 Å². The Balaban J connectivity index is 0.000000513. The second-order valence-electron chi connectivity index (χ2n) is 6.31. The maximum absolute atomic E-state index is 11.9. The van der Waals surface area contributed by atoms with Crippen molar-refractivity contribution in [2.45, 2.75) is 12.2 Å². The third kappa shape index (κ3) is 6.76. The van der Waals surface area contributed by atoms with Crippen molar-refractivity contribution in [1.82, 2.24) is 0 Å². The van der Waals surface area contributed by atoms with Gasteiger partial charge in [0.25, 0.3) is 5.91 Å². The minimum absolute atomic E-state index is 0.0153. The summed E-state index contributed by atoms with van der Waals surface area (Å²) in [6, 6.07) is 15.5. The summed E-state index contributed by atoms with van der Waals surface area (Å²) in [5, 5.41) is 0.693. The van der Waals surface area contributed by atoms with E-state index in [1.165, 1.54) is 0 Å². The van der Waals surface area contributed by atoms with Gasteiger partial charge < -0.3 is 30.6 Å². The molecule has 2 aromatic carbocycles. The Morgan fingerprint density at radius 2 is 1.39 bits per heavy atom.